The summed E-state index contributed by atoms with van der Waals surface area (Å²) in [5.41, 5.74) is 4.40. The Morgan fingerprint density at radius 1 is 1.03 bits per heavy atom. The van der Waals surface area contributed by atoms with Gasteiger partial charge in [-0.05, 0) is 35.1 Å². The number of rotatable bonds is 6. The van der Waals surface area contributed by atoms with Crippen LogP contribution in [-0.4, -0.2) is 40.2 Å². The first kappa shape index (κ1) is 20.2. The fourth-order valence-electron chi connectivity index (χ4n) is 3.90. The molecule has 5 rings (SSSR count). The highest BCUT2D eigenvalue weighted by molar-refractivity contribution is 7.17. The van der Waals surface area contributed by atoms with E-state index in [2.05, 4.69) is 10.4 Å². The van der Waals surface area contributed by atoms with Crippen LogP contribution in [0.2, 0.25) is 0 Å². The number of hydrogen-bond donors (Lipinski definition) is 1. The molecule has 0 radical (unpaired) electrons. The van der Waals surface area contributed by atoms with Gasteiger partial charge in [-0.25, -0.2) is 5.01 Å². The normalized spacial score (nSPS) is 13.6. The SMILES string of the molecule is O=C(CN1N=C(c2ccccc2)Cn2c(cc3sccc32)C1=O)NCCc1ccccc1. The van der Waals surface area contributed by atoms with Crippen molar-refractivity contribution in [2.24, 2.45) is 5.10 Å². The Bertz CT molecular complexity index is 1290. The van der Waals surface area contributed by atoms with E-state index in [1.807, 2.05) is 82.7 Å². The van der Waals surface area contributed by atoms with Gasteiger partial charge in [0.2, 0.25) is 5.91 Å². The number of carbonyl (C=O) groups excluding carboxylic acids is 2. The van der Waals surface area contributed by atoms with Gasteiger partial charge in [-0.1, -0.05) is 60.7 Å². The van der Waals surface area contributed by atoms with Gasteiger partial charge in [0.25, 0.3) is 5.91 Å². The van der Waals surface area contributed by atoms with E-state index in [0.29, 0.717) is 18.8 Å². The highest BCUT2D eigenvalue weighted by Crippen LogP contribution is 2.28. The van der Waals surface area contributed by atoms with Crippen LogP contribution in [-0.2, 0) is 17.8 Å². The monoisotopic (exact) mass is 442 g/mol. The summed E-state index contributed by atoms with van der Waals surface area (Å²) in [6, 6.07) is 23.7. The van der Waals surface area contributed by atoms with Gasteiger partial charge >= 0.3 is 0 Å². The fraction of sp³-hybridized carbons (Fsp3) is 0.160. The molecule has 2 aromatic carbocycles. The lowest BCUT2D eigenvalue weighted by molar-refractivity contribution is -0.121. The third-order valence-corrected chi connectivity index (χ3v) is 6.36. The molecular formula is C25H22N4O2S. The zero-order valence-electron chi connectivity index (χ0n) is 17.4. The summed E-state index contributed by atoms with van der Waals surface area (Å²) in [7, 11) is 0. The summed E-state index contributed by atoms with van der Waals surface area (Å²) in [6.07, 6.45) is 0.734. The molecule has 32 heavy (non-hydrogen) atoms. The molecule has 0 saturated carbocycles. The van der Waals surface area contributed by atoms with Crippen molar-refractivity contribution in [2.45, 2.75) is 13.0 Å². The second kappa shape index (κ2) is 8.80. The second-order valence-corrected chi connectivity index (χ2v) is 8.59. The molecule has 0 spiro atoms. The molecule has 1 N–H and O–H groups in total. The van der Waals surface area contributed by atoms with E-state index in [1.54, 1.807) is 11.3 Å². The molecule has 0 unspecified atom stereocenters. The maximum atomic E-state index is 13.3. The van der Waals surface area contributed by atoms with E-state index in [1.165, 1.54) is 5.01 Å². The lowest BCUT2D eigenvalue weighted by Crippen LogP contribution is -2.38. The van der Waals surface area contributed by atoms with Crippen molar-refractivity contribution < 1.29 is 9.59 Å². The molecule has 7 heteroatoms. The van der Waals surface area contributed by atoms with Crippen LogP contribution >= 0.6 is 11.3 Å². The van der Waals surface area contributed by atoms with E-state index in [-0.39, 0.29) is 18.4 Å². The van der Waals surface area contributed by atoms with E-state index in [4.69, 9.17) is 0 Å². The van der Waals surface area contributed by atoms with Gasteiger partial charge in [0.05, 0.1) is 22.5 Å². The molecule has 1 aliphatic heterocycles. The van der Waals surface area contributed by atoms with E-state index >= 15 is 0 Å². The average Bonchev–Trinajstić information content (AvgIpc) is 3.38. The highest BCUT2D eigenvalue weighted by atomic mass is 32.1. The van der Waals surface area contributed by atoms with Crippen LogP contribution in [0, 0.1) is 0 Å². The van der Waals surface area contributed by atoms with Gasteiger partial charge in [-0.15, -0.1) is 11.3 Å². The van der Waals surface area contributed by atoms with Crippen molar-refractivity contribution in [3.63, 3.8) is 0 Å². The van der Waals surface area contributed by atoms with Gasteiger partial charge in [-0.3, -0.25) is 9.59 Å². The standard InChI is InChI=1S/C25H22N4O2S/c30-24(26-13-11-18-7-3-1-4-8-18)17-29-25(31)22-15-23-21(12-14-32-23)28(22)16-20(27-29)19-9-5-2-6-10-19/h1-10,12,14-15H,11,13,16-17H2,(H,26,30). The summed E-state index contributed by atoms with van der Waals surface area (Å²) in [4.78, 5) is 26.0. The number of thiophene rings is 1. The third-order valence-electron chi connectivity index (χ3n) is 5.50. The van der Waals surface area contributed by atoms with Gasteiger partial charge in [-0.2, -0.15) is 5.10 Å². The Labute approximate surface area is 189 Å². The Morgan fingerprint density at radius 3 is 2.56 bits per heavy atom. The van der Waals surface area contributed by atoms with Crippen molar-refractivity contribution in [3.05, 3.63) is 95.0 Å². The first-order valence-electron chi connectivity index (χ1n) is 10.5. The largest absolute Gasteiger partial charge is 0.354 e. The van der Waals surface area contributed by atoms with E-state index < -0.39 is 0 Å². The summed E-state index contributed by atoms with van der Waals surface area (Å²) >= 11 is 1.60. The van der Waals surface area contributed by atoms with Crippen molar-refractivity contribution in [1.82, 2.24) is 14.9 Å². The lowest BCUT2D eigenvalue weighted by atomic mass is 10.1. The Kier molecular flexibility index (Phi) is 5.56. The maximum Gasteiger partial charge on any atom is 0.291 e. The topological polar surface area (TPSA) is 66.7 Å². The summed E-state index contributed by atoms with van der Waals surface area (Å²) < 4.78 is 3.04. The minimum Gasteiger partial charge on any atom is -0.354 e. The molecule has 6 nitrogen and oxygen atoms in total. The van der Waals surface area contributed by atoms with Crippen molar-refractivity contribution in [2.75, 3.05) is 13.1 Å². The molecule has 0 bridgehead atoms. The number of hydrazone groups is 1. The molecule has 0 saturated heterocycles. The molecule has 2 amide bonds. The first-order chi connectivity index (χ1) is 15.7. The van der Waals surface area contributed by atoms with Crippen LogP contribution in [0.15, 0.2) is 83.3 Å². The maximum absolute atomic E-state index is 13.3. The molecule has 0 aliphatic carbocycles. The van der Waals surface area contributed by atoms with E-state index in [0.717, 1.165) is 33.5 Å². The van der Waals surface area contributed by atoms with Crippen LogP contribution in [0.4, 0.5) is 0 Å². The number of benzene rings is 2. The molecule has 0 fully saturated rings. The third kappa shape index (κ3) is 4.07. The highest BCUT2D eigenvalue weighted by Gasteiger charge is 2.28. The zero-order chi connectivity index (χ0) is 21.9. The van der Waals surface area contributed by atoms with Crippen molar-refractivity contribution in [1.29, 1.82) is 0 Å². The Hall–Kier alpha value is -3.71. The zero-order valence-corrected chi connectivity index (χ0v) is 18.2. The number of aromatic nitrogens is 1. The number of nitrogens with zero attached hydrogens (tertiary/aromatic N) is 3. The molecular weight excluding hydrogens is 420 g/mol. The minimum atomic E-state index is -0.266. The number of carbonyl (C=O) groups is 2. The fourth-order valence-corrected chi connectivity index (χ4v) is 4.72. The number of fused-ring (bicyclic) bond motifs is 3. The van der Waals surface area contributed by atoms with Gasteiger partial charge in [0, 0.05) is 6.54 Å². The first-order valence-corrected chi connectivity index (χ1v) is 11.4. The molecule has 2 aromatic heterocycles. The second-order valence-electron chi connectivity index (χ2n) is 7.65. The molecule has 3 heterocycles. The smallest absolute Gasteiger partial charge is 0.291 e. The van der Waals surface area contributed by atoms with E-state index in [9.17, 15) is 9.59 Å². The predicted octanol–water partition coefficient (Wildman–Crippen LogP) is 3.92. The van der Waals surface area contributed by atoms with Crippen LogP contribution in [0.25, 0.3) is 10.2 Å². The molecule has 160 valence electrons. The van der Waals surface area contributed by atoms with Crippen LogP contribution in [0.3, 0.4) is 0 Å². The Balaban J connectivity index is 1.39. The van der Waals surface area contributed by atoms with Gasteiger partial charge in [0.1, 0.15) is 12.2 Å². The van der Waals surface area contributed by atoms with Crippen molar-refractivity contribution >= 4 is 39.1 Å². The summed E-state index contributed by atoms with van der Waals surface area (Å²) in [5.74, 6) is -0.496. The molecule has 4 aromatic rings. The van der Waals surface area contributed by atoms with Gasteiger partial charge in [0.15, 0.2) is 0 Å². The Morgan fingerprint density at radius 2 is 1.78 bits per heavy atom. The van der Waals surface area contributed by atoms with Crippen LogP contribution in [0.1, 0.15) is 21.6 Å². The summed E-state index contributed by atoms with van der Waals surface area (Å²) in [6.45, 7) is 0.854. The predicted molar refractivity (Wildman–Crippen MR) is 127 cm³/mol. The van der Waals surface area contributed by atoms with Crippen LogP contribution < -0.4 is 5.32 Å². The van der Waals surface area contributed by atoms with Crippen LogP contribution in [0.5, 0.6) is 0 Å². The summed E-state index contributed by atoms with van der Waals surface area (Å²) in [5, 5.41) is 10.9. The number of amides is 2. The average molecular weight is 443 g/mol. The lowest BCUT2D eigenvalue weighted by Gasteiger charge is -2.16. The van der Waals surface area contributed by atoms with Gasteiger partial charge < -0.3 is 9.88 Å². The quantitative estimate of drug-likeness (QED) is 0.492. The van der Waals surface area contributed by atoms with Crippen molar-refractivity contribution in [3.8, 4) is 0 Å². The number of nitrogens with one attached hydrogen (secondary N) is 1. The molecule has 0 atom stereocenters. The molecule has 1 aliphatic rings. The minimum absolute atomic E-state index is 0.122. The number of hydrogen-bond acceptors (Lipinski definition) is 4.